The molecule has 1 heterocycles. The van der Waals surface area contributed by atoms with E-state index in [9.17, 15) is 25.0 Å². The van der Waals surface area contributed by atoms with Gasteiger partial charge in [-0.05, 0) is 25.3 Å². The maximum Gasteiger partial charge on any atom is 0.407 e. The van der Waals surface area contributed by atoms with Gasteiger partial charge in [0.25, 0.3) is 11.4 Å². The zero-order valence-electron chi connectivity index (χ0n) is 11.0. The Morgan fingerprint density at radius 2 is 2.05 bits per heavy atom. The number of amides is 1. The first-order valence-electron chi connectivity index (χ1n) is 6.31. The molecule has 1 aromatic rings. The van der Waals surface area contributed by atoms with E-state index in [1.807, 2.05) is 0 Å². The van der Waals surface area contributed by atoms with E-state index in [0.717, 1.165) is 6.07 Å². The highest BCUT2D eigenvalue weighted by Gasteiger charge is 2.31. The smallest absolute Gasteiger partial charge is 0.407 e. The van der Waals surface area contributed by atoms with Crippen LogP contribution in [0.1, 0.15) is 18.4 Å². The summed E-state index contributed by atoms with van der Waals surface area (Å²) in [5.74, 6) is 0. The van der Waals surface area contributed by atoms with Crippen molar-refractivity contribution in [3.63, 3.8) is 0 Å². The van der Waals surface area contributed by atoms with E-state index in [1.165, 1.54) is 17.0 Å². The quantitative estimate of drug-likeness (QED) is 0.670. The van der Waals surface area contributed by atoms with Gasteiger partial charge >= 0.3 is 6.09 Å². The fourth-order valence-corrected chi connectivity index (χ4v) is 2.56. The molecular weight excluding hydrogens is 282 g/mol. The normalized spacial score (nSPS) is 17.7. The van der Waals surface area contributed by atoms with Crippen molar-refractivity contribution in [2.24, 2.45) is 0 Å². The molecule has 1 amide bonds. The molecule has 1 atom stereocenters. The summed E-state index contributed by atoms with van der Waals surface area (Å²) in [5.41, 5.74) is -0.392. The van der Waals surface area contributed by atoms with Gasteiger partial charge in [-0.25, -0.2) is 4.79 Å². The van der Waals surface area contributed by atoms with Gasteiger partial charge in [0.2, 0.25) is 0 Å². The zero-order valence-corrected chi connectivity index (χ0v) is 11.0. The van der Waals surface area contributed by atoms with Crippen LogP contribution < -0.4 is 0 Å². The van der Waals surface area contributed by atoms with Crippen LogP contribution in [-0.4, -0.2) is 38.5 Å². The van der Waals surface area contributed by atoms with Gasteiger partial charge in [-0.2, -0.15) is 0 Å². The summed E-state index contributed by atoms with van der Waals surface area (Å²) >= 11 is 0. The Bertz CT molecular complexity index is 603. The number of rotatable bonds is 4. The number of carboxylic acid groups (broad SMARTS) is 1. The van der Waals surface area contributed by atoms with Crippen molar-refractivity contribution in [2.45, 2.75) is 25.3 Å². The third-order valence-electron chi connectivity index (χ3n) is 3.55. The van der Waals surface area contributed by atoms with Crippen LogP contribution in [0, 0.1) is 20.2 Å². The van der Waals surface area contributed by atoms with E-state index in [2.05, 4.69) is 0 Å². The number of non-ortho nitro benzene ring substituents is 1. The standard InChI is InChI=1S/C12H13N3O6/c16-12(17)13-5-1-2-9(13)6-8-3-4-10(14(18)19)7-11(8)15(20)21/h3-4,7,9H,1-2,5-6H2,(H,16,17)/t9-/m0/s1. The van der Waals surface area contributed by atoms with Gasteiger partial charge in [-0.3, -0.25) is 20.2 Å². The van der Waals surface area contributed by atoms with Crippen LogP contribution in [0.4, 0.5) is 16.2 Å². The SMILES string of the molecule is O=C(O)N1CCC[C@H]1Cc1ccc([N+](=O)[O-])cc1[N+](=O)[O-]. The van der Waals surface area contributed by atoms with Crippen molar-refractivity contribution in [1.82, 2.24) is 4.90 Å². The van der Waals surface area contributed by atoms with E-state index in [1.54, 1.807) is 0 Å². The van der Waals surface area contributed by atoms with Gasteiger partial charge in [0.05, 0.1) is 15.9 Å². The molecule has 0 saturated carbocycles. The second-order valence-corrected chi connectivity index (χ2v) is 4.80. The summed E-state index contributed by atoms with van der Waals surface area (Å²) in [7, 11) is 0. The lowest BCUT2D eigenvalue weighted by Gasteiger charge is -2.21. The molecule has 0 spiro atoms. The molecule has 0 bridgehead atoms. The average molecular weight is 295 g/mol. The lowest BCUT2D eigenvalue weighted by atomic mass is 10.0. The molecule has 21 heavy (non-hydrogen) atoms. The average Bonchev–Trinajstić information content (AvgIpc) is 2.87. The Kier molecular flexibility index (Phi) is 4.01. The molecule has 0 aromatic heterocycles. The van der Waals surface area contributed by atoms with Crippen LogP contribution >= 0.6 is 0 Å². The van der Waals surface area contributed by atoms with Crippen LogP contribution in [0.2, 0.25) is 0 Å². The largest absolute Gasteiger partial charge is 0.465 e. The molecule has 2 rings (SSSR count). The predicted molar refractivity (Wildman–Crippen MR) is 71.2 cm³/mol. The van der Waals surface area contributed by atoms with Crippen LogP contribution in [0.25, 0.3) is 0 Å². The molecule has 1 aliphatic rings. The maximum atomic E-state index is 11.1. The number of nitrogens with zero attached hydrogens (tertiary/aromatic N) is 3. The highest BCUT2D eigenvalue weighted by atomic mass is 16.6. The Balaban J connectivity index is 2.29. The minimum absolute atomic E-state index is 0.181. The number of carbonyl (C=O) groups is 1. The maximum absolute atomic E-state index is 11.1. The van der Waals surface area contributed by atoms with Gasteiger partial charge < -0.3 is 10.0 Å². The van der Waals surface area contributed by atoms with E-state index < -0.39 is 15.9 Å². The Morgan fingerprint density at radius 1 is 1.33 bits per heavy atom. The molecule has 9 nitrogen and oxygen atoms in total. The van der Waals surface area contributed by atoms with Crippen LogP contribution in [-0.2, 0) is 6.42 Å². The minimum atomic E-state index is -1.05. The topological polar surface area (TPSA) is 127 Å². The molecule has 0 unspecified atom stereocenters. The van der Waals surface area contributed by atoms with Crippen molar-refractivity contribution in [3.8, 4) is 0 Å². The molecule has 9 heteroatoms. The third kappa shape index (κ3) is 3.07. The Labute approximate surface area is 119 Å². The van der Waals surface area contributed by atoms with Crippen LogP contribution in [0.5, 0.6) is 0 Å². The predicted octanol–water partition coefficient (Wildman–Crippen LogP) is 2.19. The second-order valence-electron chi connectivity index (χ2n) is 4.80. The number of benzene rings is 1. The first-order valence-corrected chi connectivity index (χ1v) is 6.31. The Hall–Kier alpha value is -2.71. The zero-order chi connectivity index (χ0) is 15.6. The lowest BCUT2D eigenvalue weighted by Crippen LogP contribution is -2.35. The molecule has 1 fully saturated rings. The molecule has 112 valence electrons. The van der Waals surface area contributed by atoms with Gasteiger partial charge in [0.15, 0.2) is 0 Å². The van der Waals surface area contributed by atoms with Gasteiger partial charge in [0.1, 0.15) is 0 Å². The van der Waals surface area contributed by atoms with Crippen LogP contribution in [0.15, 0.2) is 18.2 Å². The van der Waals surface area contributed by atoms with E-state index in [-0.39, 0.29) is 23.8 Å². The van der Waals surface area contributed by atoms with Crippen molar-refractivity contribution in [2.75, 3.05) is 6.54 Å². The van der Waals surface area contributed by atoms with Crippen LogP contribution in [0.3, 0.4) is 0 Å². The first kappa shape index (κ1) is 14.7. The molecule has 1 saturated heterocycles. The summed E-state index contributed by atoms with van der Waals surface area (Å²) in [4.78, 5) is 32.7. The van der Waals surface area contributed by atoms with Crippen molar-refractivity contribution in [1.29, 1.82) is 0 Å². The minimum Gasteiger partial charge on any atom is -0.465 e. The van der Waals surface area contributed by atoms with Gasteiger partial charge in [-0.1, -0.05) is 0 Å². The number of hydrogen-bond acceptors (Lipinski definition) is 5. The van der Waals surface area contributed by atoms with Gasteiger partial charge in [0, 0.05) is 24.2 Å². The van der Waals surface area contributed by atoms with E-state index in [0.29, 0.717) is 24.9 Å². The molecule has 0 radical (unpaired) electrons. The molecular formula is C12H13N3O6. The highest BCUT2D eigenvalue weighted by molar-refractivity contribution is 5.66. The molecule has 1 aliphatic heterocycles. The van der Waals surface area contributed by atoms with Crippen molar-refractivity contribution < 1.29 is 19.7 Å². The molecule has 0 aliphatic carbocycles. The molecule has 1 N–H and O–H groups in total. The van der Waals surface area contributed by atoms with Gasteiger partial charge in [-0.15, -0.1) is 0 Å². The summed E-state index contributed by atoms with van der Waals surface area (Å²) in [6.45, 7) is 0.404. The first-order chi connectivity index (χ1) is 9.90. The monoisotopic (exact) mass is 295 g/mol. The van der Waals surface area contributed by atoms with Crippen molar-refractivity contribution in [3.05, 3.63) is 44.0 Å². The van der Waals surface area contributed by atoms with E-state index in [4.69, 9.17) is 5.11 Å². The van der Waals surface area contributed by atoms with Crippen molar-refractivity contribution >= 4 is 17.5 Å². The highest BCUT2D eigenvalue weighted by Crippen LogP contribution is 2.29. The summed E-state index contributed by atoms with van der Waals surface area (Å²) in [6, 6.07) is 3.11. The summed E-state index contributed by atoms with van der Waals surface area (Å²) < 4.78 is 0. The Morgan fingerprint density at radius 3 is 2.62 bits per heavy atom. The summed E-state index contributed by atoms with van der Waals surface area (Å²) in [6.07, 6.45) is 0.459. The third-order valence-corrected chi connectivity index (χ3v) is 3.55. The number of nitro benzene ring substituents is 2. The molecule has 1 aromatic carbocycles. The summed E-state index contributed by atoms with van der Waals surface area (Å²) in [5, 5.41) is 30.8. The van der Waals surface area contributed by atoms with E-state index >= 15 is 0 Å². The number of hydrogen-bond donors (Lipinski definition) is 1. The number of nitro groups is 2. The fourth-order valence-electron chi connectivity index (χ4n) is 2.56. The number of likely N-dealkylation sites (tertiary alicyclic amines) is 1. The fraction of sp³-hybridized carbons (Fsp3) is 0.417. The second kappa shape index (κ2) is 5.73. The lowest BCUT2D eigenvalue weighted by molar-refractivity contribution is -0.394.